The molecule has 0 saturated heterocycles. The van der Waals surface area contributed by atoms with Crippen LogP contribution in [-0.2, 0) is 11.2 Å². The number of halogens is 2. The molecule has 0 saturated carbocycles. The van der Waals surface area contributed by atoms with Crippen LogP contribution in [0, 0.1) is 11.7 Å². The van der Waals surface area contributed by atoms with Gasteiger partial charge in [-0.15, -0.1) is 0 Å². The van der Waals surface area contributed by atoms with Crippen LogP contribution >= 0.6 is 11.6 Å². The second-order valence-electron chi connectivity index (χ2n) is 3.50. The van der Waals surface area contributed by atoms with Crippen molar-refractivity contribution in [3.8, 4) is 0 Å². The number of rotatable bonds is 4. The van der Waals surface area contributed by atoms with E-state index in [0.717, 1.165) is 5.56 Å². The van der Waals surface area contributed by atoms with Crippen LogP contribution in [0.2, 0.25) is 5.02 Å². The van der Waals surface area contributed by atoms with Gasteiger partial charge in [0, 0.05) is 13.6 Å². The maximum atomic E-state index is 12.9. The SMILES string of the molecule is CNC(=O)C(CN)Cc1ccc(F)c(Cl)c1. The zero-order chi connectivity index (χ0) is 12.1. The van der Waals surface area contributed by atoms with E-state index in [9.17, 15) is 9.18 Å². The summed E-state index contributed by atoms with van der Waals surface area (Å²) in [5.74, 6) is -0.899. The highest BCUT2D eigenvalue weighted by Crippen LogP contribution is 2.18. The molecule has 0 aliphatic heterocycles. The summed E-state index contributed by atoms with van der Waals surface area (Å²) in [6.45, 7) is 0.245. The summed E-state index contributed by atoms with van der Waals surface area (Å²) in [6.07, 6.45) is 0.455. The lowest BCUT2D eigenvalue weighted by Gasteiger charge is -2.13. The monoisotopic (exact) mass is 244 g/mol. The number of nitrogens with one attached hydrogen (secondary N) is 1. The summed E-state index contributed by atoms with van der Waals surface area (Å²) in [6, 6.07) is 4.41. The van der Waals surface area contributed by atoms with Gasteiger partial charge in [-0.05, 0) is 24.1 Å². The molecule has 3 nitrogen and oxygen atoms in total. The molecular formula is C11H14ClFN2O. The van der Waals surface area contributed by atoms with Crippen molar-refractivity contribution in [3.05, 3.63) is 34.6 Å². The molecule has 1 aromatic rings. The van der Waals surface area contributed by atoms with Gasteiger partial charge in [-0.3, -0.25) is 4.79 Å². The lowest BCUT2D eigenvalue weighted by Crippen LogP contribution is -2.34. The molecule has 16 heavy (non-hydrogen) atoms. The van der Waals surface area contributed by atoms with Gasteiger partial charge in [-0.2, -0.15) is 0 Å². The first-order chi connectivity index (χ1) is 7.58. The van der Waals surface area contributed by atoms with Crippen LogP contribution in [0.4, 0.5) is 4.39 Å². The molecule has 0 aromatic heterocycles. The normalized spacial score (nSPS) is 12.2. The zero-order valence-electron chi connectivity index (χ0n) is 8.97. The van der Waals surface area contributed by atoms with Gasteiger partial charge in [0.2, 0.25) is 5.91 Å². The Morgan fingerprint density at radius 2 is 2.31 bits per heavy atom. The van der Waals surface area contributed by atoms with Gasteiger partial charge in [0.15, 0.2) is 0 Å². The van der Waals surface area contributed by atoms with E-state index in [0.29, 0.717) is 6.42 Å². The molecule has 1 aromatic carbocycles. The molecular weight excluding hydrogens is 231 g/mol. The topological polar surface area (TPSA) is 55.1 Å². The average Bonchev–Trinajstić information content (AvgIpc) is 2.29. The molecule has 1 unspecified atom stereocenters. The molecule has 0 aliphatic rings. The summed E-state index contributed by atoms with van der Waals surface area (Å²) in [5.41, 5.74) is 6.29. The number of amides is 1. The Kier molecular flexibility index (Phi) is 4.71. The van der Waals surface area contributed by atoms with E-state index in [1.165, 1.54) is 12.1 Å². The van der Waals surface area contributed by atoms with Crippen LogP contribution in [-0.4, -0.2) is 19.5 Å². The van der Waals surface area contributed by atoms with Crippen molar-refractivity contribution < 1.29 is 9.18 Å². The largest absolute Gasteiger partial charge is 0.359 e. The standard InChI is InChI=1S/C11H14ClFN2O/c1-15-11(16)8(6-14)4-7-2-3-10(13)9(12)5-7/h2-3,5,8H,4,6,14H2,1H3,(H,15,16). The van der Waals surface area contributed by atoms with Gasteiger partial charge < -0.3 is 11.1 Å². The van der Waals surface area contributed by atoms with E-state index in [1.54, 1.807) is 13.1 Å². The summed E-state index contributed by atoms with van der Waals surface area (Å²) < 4.78 is 12.9. The Morgan fingerprint density at radius 3 is 2.81 bits per heavy atom. The first kappa shape index (κ1) is 12.9. The number of carbonyl (C=O) groups is 1. The Labute approximate surface area is 98.8 Å². The Balaban J connectivity index is 2.78. The molecule has 0 radical (unpaired) electrons. The predicted molar refractivity (Wildman–Crippen MR) is 61.7 cm³/mol. The van der Waals surface area contributed by atoms with Crippen molar-refractivity contribution in [1.29, 1.82) is 0 Å². The third kappa shape index (κ3) is 3.18. The zero-order valence-corrected chi connectivity index (χ0v) is 9.72. The van der Waals surface area contributed by atoms with Gasteiger partial charge in [0.1, 0.15) is 5.82 Å². The van der Waals surface area contributed by atoms with Crippen LogP contribution in [0.3, 0.4) is 0 Å². The first-order valence-corrected chi connectivity index (χ1v) is 5.32. The lowest BCUT2D eigenvalue weighted by atomic mass is 9.98. The summed E-state index contributed by atoms with van der Waals surface area (Å²) >= 11 is 5.65. The van der Waals surface area contributed by atoms with Crippen LogP contribution in [0.1, 0.15) is 5.56 Å². The number of benzene rings is 1. The molecule has 5 heteroatoms. The minimum Gasteiger partial charge on any atom is -0.359 e. The maximum Gasteiger partial charge on any atom is 0.224 e. The van der Waals surface area contributed by atoms with Crippen LogP contribution in [0.25, 0.3) is 0 Å². The third-order valence-corrected chi connectivity index (χ3v) is 2.66. The van der Waals surface area contributed by atoms with Crippen molar-refractivity contribution in [2.24, 2.45) is 11.7 Å². The molecule has 88 valence electrons. The number of hydrogen-bond donors (Lipinski definition) is 2. The van der Waals surface area contributed by atoms with Gasteiger partial charge in [-0.1, -0.05) is 17.7 Å². The fourth-order valence-electron chi connectivity index (χ4n) is 1.44. The molecule has 0 spiro atoms. The highest BCUT2D eigenvalue weighted by atomic mass is 35.5. The van der Waals surface area contributed by atoms with Gasteiger partial charge in [0.25, 0.3) is 0 Å². The van der Waals surface area contributed by atoms with E-state index in [1.807, 2.05) is 0 Å². The Hall–Kier alpha value is -1.13. The van der Waals surface area contributed by atoms with E-state index in [-0.39, 0.29) is 23.4 Å². The van der Waals surface area contributed by atoms with Crippen molar-refractivity contribution in [2.75, 3.05) is 13.6 Å². The summed E-state index contributed by atoms with van der Waals surface area (Å²) in [7, 11) is 1.56. The highest BCUT2D eigenvalue weighted by Gasteiger charge is 2.16. The van der Waals surface area contributed by atoms with Crippen molar-refractivity contribution in [2.45, 2.75) is 6.42 Å². The summed E-state index contributed by atoms with van der Waals surface area (Å²) in [4.78, 5) is 11.4. The lowest BCUT2D eigenvalue weighted by molar-refractivity contribution is -0.124. The van der Waals surface area contributed by atoms with Crippen LogP contribution < -0.4 is 11.1 Å². The Morgan fingerprint density at radius 1 is 1.62 bits per heavy atom. The van der Waals surface area contributed by atoms with E-state index in [4.69, 9.17) is 17.3 Å². The first-order valence-electron chi connectivity index (χ1n) is 4.94. The second kappa shape index (κ2) is 5.82. The molecule has 0 fully saturated rings. The van der Waals surface area contributed by atoms with Crippen molar-refractivity contribution in [1.82, 2.24) is 5.32 Å². The highest BCUT2D eigenvalue weighted by molar-refractivity contribution is 6.30. The van der Waals surface area contributed by atoms with Gasteiger partial charge in [0.05, 0.1) is 10.9 Å². The van der Waals surface area contributed by atoms with E-state index < -0.39 is 5.82 Å². The number of hydrogen-bond acceptors (Lipinski definition) is 2. The fraction of sp³-hybridized carbons (Fsp3) is 0.364. The van der Waals surface area contributed by atoms with Crippen LogP contribution in [0.5, 0.6) is 0 Å². The third-order valence-electron chi connectivity index (χ3n) is 2.37. The van der Waals surface area contributed by atoms with Crippen molar-refractivity contribution in [3.63, 3.8) is 0 Å². The van der Waals surface area contributed by atoms with Gasteiger partial charge >= 0.3 is 0 Å². The molecule has 1 amide bonds. The van der Waals surface area contributed by atoms with E-state index in [2.05, 4.69) is 5.32 Å². The molecule has 0 aliphatic carbocycles. The molecule has 1 rings (SSSR count). The molecule has 1 atom stereocenters. The maximum absolute atomic E-state index is 12.9. The number of carbonyl (C=O) groups excluding carboxylic acids is 1. The smallest absolute Gasteiger partial charge is 0.224 e. The Bertz CT molecular complexity index is 384. The van der Waals surface area contributed by atoms with Gasteiger partial charge in [-0.25, -0.2) is 4.39 Å². The summed E-state index contributed by atoms with van der Waals surface area (Å²) in [5, 5.41) is 2.60. The molecule has 3 N–H and O–H groups in total. The predicted octanol–water partition coefficient (Wildman–Crippen LogP) is 1.34. The second-order valence-corrected chi connectivity index (χ2v) is 3.91. The van der Waals surface area contributed by atoms with Crippen LogP contribution in [0.15, 0.2) is 18.2 Å². The fourth-order valence-corrected chi connectivity index (χ4v) is 1.64. The average molecular weight is 245 g/mol. The minimum atomic E-state index is -0.463. The number of nitrogens with two attached hydrogens (primary N) is 1. The molecule has 0 heterocycles. The minimum absolute atomic E-state index is 0.0604. The van der Waals surface area contributed by atoms with Crippen molar-refractivity contribution >= 4 is 17.5 Å². The quantitative estimate of drug-likeness (QED) is 0.840. The molecule has 0 bridgehead atoms. The van der Waals surface area contributed by atoms with E-state index >= 15 is 0 Å².